The van der Waals surface area contributed by atoms with Crippen molar-refractivity contribution in [3.63, 3.8) is 0 Å². The number of aliphatic carboxylic acids is 1. The van der Waals surface area contributed by atoms with Crippen molar-refractivity contribution in [2.75, 3.05) is 13.1 Å². The van der Waals surface area contributed by atoms with E-state index in [0.717, 1.165) is 19.4 Å². The minimum Gasteiger partial charge on any atom is -0.479 e. The maximum atomic E-state index is 11.4. The minimum atomic E-state index is -1.40. The Balaban J connectivity index is 2.14. The second kappa shape index (κ2) is 5.67. The van der Waals surface area contributed by atoms with Crippen molar-refractivity contribution < 1.29 is 19.8 Å². The van der Waals surface area contributed by atoms with Crippen LogP contribution in [-0.2, 0) is 9.59 Å². The summed E-state index contributed by atoms with van der Waals surface area (Å²) in [4.78, 5) is 21.7. The molecular formula is C9H16N2O4. The van der Waals surface area contributed by atoms with Crippen molar-refractivity contribution in [2.45, 2.75) is 31.4 Å². The molecule has 0 bridgehead atoms. The lowest BCUT2D eigenvalue weighted by atomic mass is 10.2. The fourth-order valence-corrected chi connectivity index (χ4v) is 1.49. The number of amides is 1. The standard InChI is InChI=1S/C9H16N2O4/c12-7(9(14)15)3-5-11-8(13)6-2-1-4-10-6/h6-7,10,12H,1-5H2,(H,11,13)(H,14,15)/t6-,7+/m1/s1. The first-order valence-corrected chi connectivity index (χ1v) is 5.03. The second-order valence-electron chi connectivity index (χ2n) is 3.58. The fraction of sp³-hybridized carbons (Fsp3) is 0.778. The van der Waals surface area contributed by atoms with Crippen molar-refractivity contribution in [1.29, 1.82) is 0 Å². The van der Waals surface area contributed by atoms with Gasteiger partial charge in [-0.05, 0) is 19.4 Å². The zero-order chi connectivity index (χ0) is 11.3. The number of carbonyl (C=O) groups excluding carboxylic acids is 1. The number of aliphatic hydroxyl groups excluding tert-OH is 1. The Bertz CT molecular complexity index is 238. The van der Waals surface area contributed by atoms with Crippen molar-refractivity contribution in [1.82, 2.24) is 10.6 Å². The highest BCUT2D eigenvalue weighted by Crippen LogP contribution is 2.04. The van der Waals surface area contributed by atoms with Gasteiger partial charge in [0.25, 0.3) is 0 Å². The van der Waals surface area contributed by atoms with Crippen molar-refractivity contribution in [3.8, 4) is 0 Å². The highest BCUT2D eigenvalue weighted by atomic mass is 16.4. The largest absolute Gasteiger partial charge is 0.479 e. The molecule has 1 saturated heterocycles. The van der Waals surface area contributed by atoms with Crippen LogP contribution in [0.25, 0.3) is 0 Å². The maximum Gasteiger partial charge on any atom is 0.332 e. The lowest BCUT2D eigenvalue weighted by molar-refractivity contribution is -0.147. The number of hydrogen-bond donors (Lipinski definition) is 4. The molecule has 1 aliphatic heterocycles. The highest BCUT2D eigenvalue weighted by molar-refractivity contribution is 5.82. The minimum absolute atomic E-state index is 0.0355. The molecule has 1 aliphatic rings. The Morgan fingerprint density at radius 2 is 2.27 bits per heavy atom. The Morgan fingerprint density at radius 1 is 1.53 bits per heavy atom. The van der Waals surface area contributed by atoms with Crippen LogP contribution in [0.1, 0.15) is 19.3 Å². The SMILES string of the molecule is O=C(O)[C@@H](O)CCNC(=O)[C@H]1CCCN1. The molecule has 6 heteroatoms. The third-order valence-corrected chi connectivity index (χ3v) is 2.38. The highest BCUT2D eigenvalue weighted by Gasteiger charge is 2.21. The molecule has 0 aromatic heterocycles. The van der Waals surface area contributed by atoms with Crippen LogP contribution in [0.4, 0.5) is 0 Å². The van der Waals surface area contributed by atoms with Gasteiger partial charge in [0.2, 0.25) is 5.91 Å². The van der Waals surface area contributed by atoms with Gasteiger partial charge in [-0.3, -0.25) is 4.79 Å². The van der Waals surface area contributed by atoms with Gasteiger partial charge in [0.05, 0.1) is 6.04 Å². The summed E-state index contributed by atoms with van der Waals surface area (Å²) in [6.45, 7) is 1.03. The Hall–Kier alpha value is -1.14. The molecule has 0 radical (unpaired) electrons. The van der Waals surface area contributed by atoms with Crippen LogP contribution in [0.15, 0.2) is 0 Å². The number of hydrogen-bond acceptors (Lipinski definition) is 4. The molecule has 1 rings (SSSR count). The Labute approximate surface area is 87.7 Å². The van der Waals surface area contributed by atoms with Crippen molar-refractivity contribution >= 4 is 11.9 Å². The molecule has 4 N–H and O–H groups in total. The maximum absolute atomic E-state index is 11.4. The summed E-state index contributed by atoms with van der Waals surface area (Å²) in [6, 6.07) is -0.160. The molecule has 86 valence electrons. The normalized spacial score (nSPS) is 22.3. The van der Waals surface area contributed by atoms with E-state index in [0.29, 0.717) is 0 Å². The first-order valence-electron chi connectivity index (χ1n) is 5.03. The first kappa shape index (κ1) is 11.9. The molecule has 2 atom stereocenters. The van der Waals surface area contributed by atoms with Gasteiger partial charge in [0, 0.05) is 13.0 Å². The zero-order valence-corrected chi connectivity index (χ0v) is 8.40. The molecule has 1 fully saturated rings. The Kier molecular flexibility index (Phi) is 4.51. The quantitative estimate of drug-likeness (QED) is 0.457. The molecule has 0 aromatic rings. The topological polar surface area (TPSA) is 98.7 Å². The molecule has 15 heavy (non-hydrogen) atoms. The van der Waals surface area contributed by atoms with E-state index in [9.17, 15) is 9.59 Å². The first-order chi connectivity index (χ1) is 7.11. The third kappa shape index (κ3) is 3.85. The van der Waals surface area contributed by atoms with Gasteiger partial charge in [0.1, 0.15) is 0 Å². The van der Waals surface area contributed by atoms with Gasteiger partial charge in [-0.1, -0.05) is 0 Å². The van der Waals surface area contributed by atoms with E-state index in [1.807, 2.05) is 0 Å². The summed E-state index contributed by atoms with van der Waals surface area (Å²) < 4.78 is 0. The van der Waals surface area contributed by atoms with Crippen LogP contribution in [0, 0.1) is 0 Å². The summed E-state index contributed by atoms with van der Waals surface area (Å²) in [5, 5.41) is 22.9. The van der Waals surface area contributed by atoms with Gasteiger partial charge in [-0.2, -0.15) is 0 Å². The average Bonchev–Trinajstić information content (AvgIpc) is 2.70. The van der Waals surface area contributed by atoms with Gasteiger partial charge >= 0.3 is 5.97 Å². The van der Waals surface area contributed by atoms with Gasteiger partial charge in [-0.25, -0.2) is 4.79 Å². The second-order valence-corrected chi connectivity index (χ2v) is 3.58. The van der Waals surface area contributed by atoms with Crippen LogP contribution in [0.2, 0.25) is 0 Å². The lowest BCUT2D eigenvalue weighted by Gasteiger charge is -2.11. The van der Waals surface area contributed by atoms with E-state index in [1.54, 1.807) is 0 Å². The number of carboxylic acid groups (broad SMARTS) is 1. The fourth-order valence-electron chi connectivity index (χ4n) is 1.49. The molecular weight excluding hydrogens is 200 g/mol. The van der Waals surface area contributed by atoms with E-state index in [4.69, 9.17) is 10.2 Å². The molecule has 1 amide bonds. The molecule has 0 unspecified atom stereocenters. The van der Waals surface area contributed by atoms with E-state index < -0.39 is 12.1 Å². The summed E-state index contributed by atoms with van der Waals surface area (Å²) in [5.41, 5.74) is 0. The van der Waals surface area contributed by atoms with E-state index in [2.05, 4.69) is 10.6 Å². The number of rotatable bonds is 5. The van der Waals surface area contributed by atoms with Gasteiger partial charge in [0.15, 0.2) is 6.10 Å². The predicted octanol–water partition coefficient (Wildman–Crippen LogP) is -1.31. The van der Waals surface area contributed by atoms with Crippen LogP contribution in [0.5, 0.6) is 0 Å². The number of carbonyl (C=O) groups is 2. The van der Waals surface area contributed by atoms with Crippen LogP contribution in [-0.4, -0.2) is 47.3 Å². The monoisotopic (exact) mass is 216 g/mol. The van der Waals surface area contributed by atoms with Crippen LogP contribution < -0.4 is 10.6 Å². The summed E-state index contributed by atoms with van der Waals surface area (Å²) in [7, 11) is 0. The van der Waals surface area contributed by atoms with Crippen LogP contribution in [0.3, 0.4) is 0 Å². The summed E-state index contributed by atoms with van der Waals surface area (Å²) >= 11 is 0. The zero-order valence-electron chi connectivity index (χ0n) is 8.40. The molecule has 0 spiro atoms. The molecule has 0 aliphatic carbocycles. The molecule has 6 nitrogen and oxygen atoms in total. The van der Waals surface area contributed by atoms with Crippen LogP contribution >= 0.6 is 0 Å². The predicted molar refractivity (Wildman–Crippen MR) is 52.3 cm³/mol. The molecule has 0 aromatic carbocycles. The number of nitrogens with one attached hydrogen (secondary N) is 2. The summed E-state index contributed by atoms with van der Waals surface area (Å²) in [5.74, 6) is -1.38. The van der Waals surface area contributed by atoms with Crippen molar-refractivity contribution in [2.24, 2.45) is 0 Å². The number of aliphatic hydroxyl groups is 1. The van der Waals surface area contributed by atoms with E-state index >= 15 is 0 Å². The average molecular weight is 216 g/mol. The van der Waals surface area contributed by atoms with E-state index in [-0.39, 0.29) is 24.9 Å². The number of carboxylic acids is 1. The van der Waals surface area contributed by atoms with E-state index in [1.165, 1.54) is 0 Å². The van der Waals surface area contributed by atoms with Crippen molar-refractivity contribution in [3.05, 3.63) is 0 Å². The molecule has 1 heterocycles. The molecule has 0 saturated carbocycles. The van der Waals surface area contributed by atoms with Gasteiger partial charge in [-0.15, -0.1) is 0 Å². The third-order valence-electron chi connectivity index (χ3n) is 2.38. The van der Waals surface area contributed by atoms with Gasteiger partial charge < -0.3 is 20.8 Å². The Morgan fingerprint density at radius 3 is 2.80 bits per heavy atom. The smallest absolute Gasteiger partial charge is 0.332 e. The summed E-state index contributed by atoms with van der Waals surface area (Å²) in [6.07, 6.45) is 0.429. The lowest BCUT2D eigenvalue weighted by Crippen LogP contribution is -2.41.